The molecule has 8 heteroatoms. The molecule has 1 saturated heterocycles. The summed E-state index contributed by atoms with van der Waals surface area (Å²) in [5.41, 5.74) is 3.69. The second-order valence-corrected chi connectivity index (χ2v) is 9.85. The number of hydrogen-bond donors (Lipinski definition) is 1. The molecule has 1 aliphatic rings. The highest BCUT2D eigenvalue weighted by atomic mass is 35.5. The molecule has 3 aromatic carbocycles. The molecule has 0 aliphatic carbocycles. The van der Waals surface area contributed by atoms with E-state index in [1.54, 1.807) is 0 Å². The molecule has 0 unspecified atom stereocenters. The monoisotopic (exact) mass is 472 g/mol. The number of nitrogens with zero attached hydrogens (tertiary/aromatic N) is 1. The third-order valence-electron chi connectivity index (χ3n) is 5.48. The summed E-state index contributed by atoms with van der Waals surface area (Å²) in [6, 6.07) is 18.7. The number of sulfonamides is 1. The van der Waals surface area contributed by atoms with Crippen molar-refractivity contribution < 1.29 is 17.6 Å². The molecule has 3 aromatic rings. The van der Waals surface area contributed by atoms with Crippen molar-refractivity contribution in [3.8, 4) is 11.1 Å². The number of amides is 1. The SMILES string of the molecule is O=C1CCCN1Cc1ccc(-c2ccccc2CNS(=O)(=O)c2ccc(F)c(Cl)c2)cc1. The smallest absolute Gasteiger partial charge is 0.240 e. The fourth-order valence-corrected chi connectivity index (χ4v) is 5.02. The molecule has 1 amide bonds. The maximum Gasteiger partial charge on any atom is 0.240 e. The van der Waals surface area contributed by atoms with Gasteiger partial charge in [-0.1, -0.05) is 60.1 Å². The van der Waals surface area contributed by atoms with Gasteiger partial charge in [0.25, 0.3) is 0 Å². The van der Waals surface area contributed by atoms with E-state index in [9.17, 15) is 17.6 Å². The number of carbonyl (C=O) groups is 1. The Morgan fingerprint density at radius 3 is 2.47 bits per heavy atom. The Kier molecular flexibility index (Phi) is 6.60. The highest BCUT2D eigenvalue weighted by Crippen LogP contribution is 2.26. The molecule has 1 N–H and O–H groups in total. The molecule has 4 rings (SSSR count). The summed E-state index contributed by atoms with van der Waals surface area (Å²) in [6.45, 7) is 1.46. The minimum absolute atomic E-state index is 0.0670. The first-order valence-corrected chi connectivity index (χ1v) is 12.1. The molecule has 166 valence electrons. The number of nitrogens with one attached hydrogen (secondary N) is 1. The molecule has 32 heavy (non-hydrogen) atoms. The number of likely N-dealkylation sites (tertiary alicyclic amines) is 1. The van der Waals surface area contributed by atoms with E-state index in [1.165, 1.54) is 6.07 Å². The summed E-state index contributed by atoms with van der Waals surface area (Å²) in [5, 5.41) is -0.246. The van der Waals surface area contributed by atoms with E-state index in [4.69, 9.17) is 11.6 Å². The number of hydrogen-bond acceptors (Lipinski definition) is 3. The van der Waals surface area contributed by atoms with Crippen LogP contribution in [0.15, 0.2) is 71.6 Å². The third-order valence-corrected chi connectivity index (χ3v) is 7.17. The van der Waals surface area contributed by atoms with E-state index in [0.717, 1.165) is 47.4 Å². The first-order chi connectivity index (χ1) is 15.3. The second kappa shape index (κ2) is 9.40. The standard InChI is InChI=1S/C24H22ClFN2O3S/c25-22-14-20(11-12-23(22)26)32(30,31)27-15-19-4-1-2-5-21(19)18-9-7-17(8-10-18)16-28-13-3-6-24(28)29/h1-2,4-5,7-12,14,27H,3,6,13,15-16H2. The molecule has 0 saturated carbocycles. The lowest BCUT2D eigenvalue weighted by Gasteiger charge is -2.16. The Labute approximate surface area is 191 Å². The first kappa shape index (κ1) is 22.5. The van der Waals surface area contributed by atoms with Crippen molar-refractivity contribution >= 4 is 27.5 Å². The first-order valence-electron chi connectivity index (χ1n) is 10.2. The van der Waals surface area contributed by atoms with Crippen LogP contribution in [0.5, 0.6) is 0 Å². The van der Waals surface area contributed by atoms with Gasteiger partial charge in [-0.05, 0) is 46.9 Å². The third kappa shape index (κ3) is 5.01. The van der Waals surface area contributed by atoms with Gasteiger partial charge in [0.05, 0.1) is 9.92 Å². The van der Waals surface area contributed by atoms with Gasteiger partial charge >= 0.3 is 0 Å². The lowest BCUT2D eigenvalue weighted by Crippen LogP contribution is -2.23. The minimum atomic E-state index is -3.86. The molecule has 0 aromatic heterocycles. The number of benzene rings is 3. The summed E-state index contributed by atoms with van der Waals surface area (Å²) in [4.78, 5) is 13.6. The zero-order valence-electron chi connectivity index (χ0n) is 17.2. The van der Waals surface area contributed by atoms with Gasteiger partial charge in [-0.25, -0.2) is 17.5 Å². The largest absolute Gasteiger partial charge is 0.338 e. The van der Waals surface area contributed by atoms with E-state index in [-0.39, 0.29) is 22.4 Å². The second-order valence-electron chi connectivity index (χ2n) is 7.67. The predicted molar refractivity (Wildman–Crippen MR) is 122 cm³/mol. The van der Waals surface area contributed by atoms with Gasteiger partial charge in [0, 0.05) is 26.1 Å². The summed E-state index contributed by atoms with van der Waals surface area (Å²) < 4.78 is 41.2. The molecule has 0 bridgehead atoms. The highest BCUT2D eigenvalue weighted by Gasteiger charge is 2.20. The molecule has 0 atom stereocenters. The van der Waals surface area contributed by atoms with Gasteiger partial charge in [0.2, 0.25) is 15.9 Å². The Balaban J connectivity index is 1.50. The van der Waals surface area contributed by atoms with Crippen LogP contribution in [-0.2, 0) is 27.9 Å². The predicted octanol–water partition coefficient (Wildman–Crippen LogP) is 4.75. The summed E-state index contributed by atoms with van der Waals surface area (Å²) in [5.74, 6) is -0.484. The van der Waals surface area contributed by atoms with E-state index < -0.39 is 15.8 Å². The lowest BCUT2D eigenvalue weighted by molar-refractivity contribution is -0.128. The average molecular weight is 473 g/mol. The van der Waals surface area contributed by atoms with Crippen LogP contribution in [0.25, 0.3) is 11.1 Å². The zero-order chi connectivity index (χ0) is 22.7. The van der Waals surface area contributed by atoms with Gasteiger partial charge in [-0.15, -0.1) is 0 Å². The quantitative estimate of drug-likeness (QED) is 0.539. The fourth-order valence-electron chi connectivity index (χ4n) is 3.74. The van der Waals surface area contributed by atoms with E-state index in [0.29, 0.717) is 13.0 Å². The Morgan fingerprint density at radius 2 is 1.78 bits per heavy atom. The van der Waals surface area contributed by atoms with Crippen LogP contribution in [0.2, 0.25) is 5.02 Å². The van der Waals surface area contributed by atoms with Crippen LogP contribution in [0.1, 0.15) is 24.0 Å². The van der Waals surface area contributed by atoms with Gasteiger partial charge < -0.3 is 4.90 Å². The fraction of sp³-hybridized carbons (Fsp3) is 0.208. The van der Waals surface area contributed by atoms with Crippen LogP contribution in [0, 0.1) is 5.82 Å². The number of halogens is 2. The Morgan fingerprint density at radius 1 is 1.03 bits per heavy atom. The molecule has 1 aliphatic heterocycles. The number of carbonyl (C=O) groups excluding carboxylic acids is 1. The van der Waals surface area contributed by atoms with Crippen molar-refractivity contribution in [2.45, 2.75) is 30.8 Å². The van der Waals surface area contributed by atoms with Crippen LogP contribution in [-0.4, -0.2) is 25.8 Å². The van der Waals surface area contributed by atoms with Crippen LogP contribution >= 0.6 is 11.6 Å². The molecule has 1 fully saturated rings. The van der Waals surface area contributed by atoms with Crippen LogP contribution in [0.4, 0.5) is 4.39 Å². The van der Waals surface area contributed by atoms with Gasteiger partial charge in [0.15, 0.2) is 0 Å². The van der Waals surface area contributed by atoms with Crippen molar-refractivity contribution in [3.05, 3.63) is 88.7 Å². The zero-order valence-corrected chi connectivity index (χ0v) is 18.8. The average Bonchev–Trinajstić information content (AvgIpc) is 3.19. The van der Waals surface area contributed by atoms with Crippen molar-refractivity contribution in [2.75, 3.05) is 6.54 Å². The van der Waals surface area contributed by atoms with Crippen molar-refractivity contribution in [2.24, 2.45) is 0 Å². The molecule has 0 radical (unpaired) electrons. The van der Waals surface area contributed by atoms with Crippen molar-refractivity contribution in [1.29, 1.82) is 0 Å². The normalized spacial score (nSPS) is 14.2. The van der Waals surface area contributed by atoms with Gasteiger partial charge in [-0.2, -0.15) is 0 Å². The molecule has 5 nitrogen and oxygen atoms in total. The molecular weight excluding hydrogens is 451 g/mol. The van der Waals surface area contributed by atoms with Crippen molar-refractivity contribution in [1.82, 2.24) is 9.62 Å². The Hall–Kier alpha value is -2.74. The minimum Gasteiger partial charge on any atom is -0.338 e. The van der Waals surface area contributed by atoms with Crippen LogP contribution < -0.4 is 4.72 Å². The summed E-state index contributed by atoms with van der Waals surface area (Å²) in [6.07, 6.45) is 1.52. The number of rotatable bonds is 7. The summed E-state index contributed by atoms with van der Waals surface area (Å²) >= 11 is 5.73. The topological polar surface area (TPSA) is 66.5 Å². The highest BCUT2D eigenvalue weighted by molar-refractivity contribution is 7.89. The molecule has 1 heterocycles. The maximum atomic E-state index is 13.4. The Bertz CT molecular complexity index is 1250. The molecular formula is C24H22ClFN2O3S. The van der Waals surface area contributed by atoms with E-state index >= 15 is 0 Å². The lowest BCUT2D eigenvalue weighted by atomic mass is 9.98. The van der Waals surface area contributed by atoms with E-state index in [1.807, 2.05) is 53.4 Å². The van der Waals surface area contributed by atoms with Gasteiger partial charge in [0.1, 0.15) is 5.82 Å². The van der Waals surface area contributed by atoms with E-state index in [2.05, 4.69) is 4.72 Å². The molecule has 0 spiro atoms. The van der Waals surface area contributed by atoms with Crippen LogP contribution in [0.3, 0.4) is 0 Å². The maximum absolute atomic E-state index is 13.4. The van der Waals surface area contributed by atoms with Gasteiger partial charge in [-0.3, -0.25) is 4.79 Å². The van der Waals surface area contributed by atoms with Crippen molar-refractivity contribution in [3.63, 3.8) is 0 Å². The summed E-state index contributed by atoms with van der Waals surface area (Å²) in [7, 11) is -3.86.